The molecule has 0 aromatic heterocycles. The largest absolute Gasteiger partial charge is 0.466 e. The smallest absolute Gasteiger partial charge is 0.305 e. The molecule has 0 spiro atoms. The van der Waals surface area contributed by atoms with Crippen LogP contribution in [-0.2, 0) is 9.53 Å². The lowest BCUT2D eigenvalue weighted by Crippen LogP contribution is -2.05. The molecule has 0 N–H and O–H groups in total. The number of unbranched alkanes of at least 4 members (excludes halogenated alkanes) is 37. The third kappa shape index (κ3) is 47.3. The van der Waals surface area contributed by atoms with E-state index in [-0.39, 0.29) is 5.97 Å². The molecule has 0 bridgehead atoms. The Morgan fingerprint density at radius 2 is 0.698 bits per heavy atom. The molecule has 2 nitrogen and oxygen atoms in total. The first-order chi connectivity index (χ1) is 26.2. The average Bonchev–Trinajstić information content (AvgIpc) is 3.16. The second-order valence-corrected chi connectivity index (χ2v) is 17.4. The summed E-state index contributed by atoms with van der Waals surface area (Å²) in [6, 6.07) is 0. The van der Waals surface area contributed by atoms with Gasteiger partial charge in [0.05, 0.1) is 6.61 Å². The van der Waals surface area contributed by atoms with Crippen LogP contribution in [0, 0.1) is 5.92 Å². The summed E-state index contributed by atoms with van der Waals surface area (Å²) >= 11 is 0. The van der Waals surface area contributed by atoms with Gasteiger partial charge in [0.1, 0.15) is 0 Å². The highest BCUT2D eigenvalue weighted by molar-refractivity contribution is 5.69. The fraction of sp³-hybridized carbons (Fsp3) is 0.941. The summed E-state index contributed by atoms with van der Waals surface area (Å²) < 4.78 is 5.49. The standard InChI is InChI=1S/C51H100O2/c1-4-6-7-8-9-10-11-12-13-23-27-30-33-36-39-42-45-48-51(52)53-49-46-43-40-37-34-31-28-25-22-20-18-16-14-15-17-19-21-24-26-29-32-35-38-41-44-47-50(3)5-2/h10-11,50H,4-9,12-49H2,1-3H3. The van der Waals surface area contributed by atoms with Crippen LogP contribution in [0.5, 0.6) is 0 Å². The van der Waals surface area contributed by atoms with Crippen LogP contribution in [0.3, 0.4) is 0 Å². The van der Waals surface area contributed by atoms with Gasteiger partial charge in [-0.2, -0.15) is 0 Å². The van der Waals surface area contributed by atoms with Crippen molar-refractivity contribution in [1.82, 2.24) is 0 Å². The number of carbonyl (C=O) groups excluding carboxylic acids is 1. The minimum absolute atomic E-state index is 0.0276. The summed E-state index contributed by atoms with van der Waals surface area (Å²) in [6.45, 7) is 7.64. The minimum Gasteiger partial charge on any atom is -0.466 e. The summed E-state index contributed by atoms with van der Waals surface area (Å²) in [6.07, 6.45) is 63.4. The minimum atomic E-state index is 0.0276. The normalized spacial score (nSPS) is 12.3. The van der Waals surface area contributed by atoms with E-state index in [1.807, 2.05) is 0 Å². The van der Waals surface area contributed by atoms with Crippen LogP contribution in [0.4, 0.5) is 0 Å². The van der Waals surface area contributed by atoms with Crippen molar-refractivity contribution in [1.29, 1.82) is 0 Å². The summed E-state index contributed by atoms with van der Waals surface area (Å²) in [5.74, 6) is 0.965. The molecule has 0 rings (SSSR count). The molecule has 0 aromatic rings. The third-order valence-electron chi connectivity index (χ3n) is 11.9. The maximum absolute atomic E-state index is 12.0. The van der Waals surface area contributed by atoms with Gasteiger partial charge in [0, 0.05) is 6.42 Å². The molecule has 1 atom stereocenters. The molecule has 1 unspecified atom stereocenters. The van der Waals surface area contributed by atoms with Crippen LogP contribution in [0.15, 0.2) is 12.2 Å². The molecular weight excluding hydrogens is 645 g/mol. The summed E-state index contributed by atoms with van der Waals surface area (Å²) in [4.78, 5) is 12.0. The van der Waals surface area contributed by atoms with Gasteiger partial charge in [0.25, 0.3) is 0 Å². The highest BCUT2D eigenvalue weighted by atomic mass is 16.5. The number of esters is 1. The van der Waals surface area contributed by atoms with Crippen LogP contribution >= 0.6 is 0 Å². The van der Waals surface area contributed by atoms with Gasteiger partial charge in [-0.1, -0.05) is 264 Å². The number of rotatable bonds is 46. The third-order valence-corrected chi connectivity index (χ3v) is 11.9. The van der Waals surface area contributed by atoms with Crippen LogP contribution in [0.2, 0.25) is 0 Å². The van der Waals surface area contributed by atoms with E-state index in [4.69, 9.17) is 4.74 Å². The maximum Gasteiger partial charge on any atom is 0.305 e. The molecule has 0 fully saturated rings. The number of carbonyl (C=O) groups is 1. The Morgan fingerprint density at radius 3 is 1.06 bits per heavy atom. The topological polar surface area (TPSA) is 26.3 Å². The maximum atomic E-state index is 12.0. The zero-order chi connectivity index (χ0) is 38.4. The molecule has 316 valence electrons. The molecule has 0 aliphatic rings. The molecule has 0 heterocycles. The van der Waals surface area contributed by atoms with Crippen molar-refractivity contribution in [2.24, 2.45) is 5.92 Å². The van der Waals surface area contributed by atoms with E-state index < -0.39 is 0 Å². The fourth-order valence-electron chi connectivity index (χ4n) is 7.82. The van der Waals surface area contributed by atoms with Crippen molar-refractivity contribution in [3.8, 4) is 0 Å². The van der Waals surface area contributed by atoms with E-state index in [2.05, 4.69) is 32.9 Å². The zero-order valence-electron chi connectivity index (χ0n) is 37.2. The first kappa shape index (κ1) is 52.2. The molecule has 0 saturated heterocycles. The van der Waals surface area contributed by atoms with Crippen molar-refractivity contribution in [2.45, 2.75) is 297 Å². The van der Waals surface area contributed by atoms with Crippen molar-refractivity contribution < 1.29 is 9.53 Å². The lowest BCUT2D eigenvalue weighted by molar-refractivity contribution is -0.143. The highest BCUT2D eigenvalue weighted by Crippen LogP contribution is 2.18. The quantitative estimate of drug-likeness (QED) is 0.0352. The average molecular weight is 745 g/mol. The van der Waals surface area contributed by atoms with E-state index >= 15 is 0 Å². The van der Waals surface area contributed by atoms with Gasteiger partial charge in [-0.15, -0.1) is 0 Å². The molecule has 0 saturated carbocycles. The summed E-state index contributed by atoms with van der Waals surface area (Å²) in [5.41, 5.74) is 0. The Balaban J connectivity index is 3.16. The van der Waals surface area contributed by atoms with Gasteiger partial charge in [0.15, 0.2) is 0 Å². The first-order valence-electron chi connectivity index (χ1n) is 25.0. The van der Waals surface area contributed by atoms with Crippen molar-refractivity contribution in [3.63, 3.8) is 0 Å². The van der Waals surface area contributed by atoms with Gasteiger partial charge in [-0.25, -0.2) is 0 Å². The second-order valence-electron chi connectivity index (χ2n) is 17.4. The van der Waals surface area contributed by atoms with Crippen molar-refractivity contribution >= 4 is 5.97 Å². The molecule has 0 amide bonds. The molecule has 0 aliphatic carbocycles. The fourth-order valence-corrected chi connectivity index (χ4v) is 7.82. The lowest BCUT2D eigenvalue weighted by atomic mass is 9.99. The van der Waals surface area contributed by atoms with E-state index in [1.165, 1.54) is 257 Å². The number of hydrogen-bond acceptors (Lipinski definition) is 2. The van der Waals surface area contributed by atoms with Gasteiger partial charge < -0.3 is 4.74 Å². The Labute approximate surface area is 336 Å². The summed E-state index contributed by atoms with van der Waals surface area (Å²) in [5, 5.41) is 0. The predicted octanol–water partition coefficient (Wildman–Crippen LogP) is 18.5. The first-order valence-corrected chi connectivity index (χ1v) is 25.0. The molecule has 2 heteroatoms. The van der Waals surface area contributed by atoms with Crippen molar-refractivity contribution in [2.75, 3.05) is 6.61 Å². The van der Waals surface area contributed by atoms with Gasteiger partial charge in [-0.3, -0.25) is 4.79 Å². The Morgan fingerprint density at radius 1 is 0.396 bits per heavy atom. The second kappa shape index (κ2) is 47.4. The van der Waals surface area contributed by atoms with Crippen LogP contribution < -0.4 is 0 Å². The summed E-state index contributed by atoms with van der Waals surface area (Å²) in [7, 11) is 0. The predicted molar refractivity (Wildman–Crippen MR) is 239 cm³/mol. The molecule has 0 radical (unpaired) electrons. The number of ether oxygens (including phenoxy) is 1. The van der Waals surface area contributed by atoms with Gasteiger partial charge in [0.2, 0.25) is 0 Å². The molecular formula is C51H100O2. The van der Waals surface area contributed by atoms with E-state index in [0.29, 0.717) is 13.0 Å². The Bertz CT molecular complexity index is 698. The van der Waals surface area contributed by atoms with Crippen LogP contribution in [0.25, 0.3) is 0 Å². The number of hydrogen-bond donors (Lipinski definition) is 0. The van der Waals surface area contributed by atoms with E-state index in [9.17, 15) is 4.79 Å². The zero-order valence-corrected chi connectivity index (χ0v) is 37.2. The van der Waals surface area contributed by atoms with Crippen LogP contribution in [0.1, 0.15) is 297 Å². The SMILES string of the molecule is CCCCCCC=CCCCCCCCCCCCC(=O)OCCCCCCCCCCCCCCCCCCCCCCCCCCCC(C)CC. The van der Waals surface area contributed by atoms with Crippen LogP contribution in [-0.4, -0.2) is 12.6 Å². The van der Waals surface area contributed by atoms with E-state index in [1.54, 1.807) is 0 Å². The van der Waals surface area contributed by atoms with Crippen molar-refractivity contribution in [3.05, 3.63) is 12.2 Å². The molecule has 0 aliphatic heterocycles. The molecule has 53 heavy (non-hydrogen) atoms. The lowest BCUT2D eigenvalue weighted by Gasteiger charge is -2.07. The Hall–Kier alpha value is -0.790. The van der Waals surface area contributed by atoms with Gasteiger partial charge in [-0.05, 0) is 44.4 Å². The molecule has 0 aromatic carbocycles. The van der Waals surface area contributed by atoms with E-state index in [0.717, 1.165) is 18.8 Å². The Kier molecular flexibility index (Phi) is 46.7. The monoisotopic (exact) mass is 745 g/mol. The number of allylic oxidation sites excluding steroid dienone is 2. The highest BCUT2D eigenvalue weighted by Gasteiger charge is 2.03. The van der Waals surface area contributed by atoms with Gasteiger partial charge >= 0.3 is 5.97 Å².